The lowest BCUT2D eigenvalue weighted by Crippen LogP contribution is -2.32. The molecule has 0 bridgehead atoms. The summed E-state index contributed by atoms with van der Waals surface area (Å²) in [5.74, 6) is -0.300. The zero-order valence-electron chi connectivity index (χ0n) is 10.4. The van der Waals surface area contributed by atoms with Gasteiger partial charge in [0.2, 0.25) is 0 Å². The van der Waals surface area contributed by atoms with E-state index in [0.29, 0.717) is 11.0 Å². The number of para-hydroxylation sites is 1. The number of fused-ring (bicyclic) bond motifs is 1. The van der Waals surface area contributed by atoms with E-state index in [1.54, 1.807) is 24.3 Å². The van der Waals surface area contributed by atoms with Crippen LogP contribution >= 0.6 is 0 Å². The molecule has 1 amide bonds. The van der Waals surface area contributed by atoms with Crippen LogP contribution in [-0.4, -0.2) is 11.9 Å². The molecule has 1 N–H and O–H groups in total. The van der Waals surface area contributed by atoms with Gasteiger partial charge < -0.3 is 9.73 Å². The van der Waals surface area contributed by atoms with Crippen molar-refractivity contribution in [3.63, 3.8) is 0 Å². The smallest absolute Gasteiger partial charge is 0.287 e. The van der Waals surface area contributed by atoms with Gasteiger partial charge in [-0.1, -0.05) is 19.1 Å². The van der Waals surface area contributed by atoms with Gasteiger partial charge in [0.05, 0.1) is 5.39 Å². The first-order chi connectivity index (χ1) is 8.61. The molecular formula is C14H15NO3. The van der Waals surface area contributed by atoms with Crippen LogP contribution < -0.4 is 10.7 Å². The van der Waals surface area contributed by atoms with Gasteiger partial charge in [-0.15, -0.1) is 0 Å². The summed E-state index contributed by atoms with van der Waals surface area (Å²) in [7, 11) is 0. The standard InChI is InChI=1S/C14H15NO3/c1-3-9(2)15-14(17)13-8-11(16)10-6-4-5-7-12(10)18-13/h4-9H,3H2,1-2H3,(H,15,17)/t9-/m1/s1. The van der Waals surface area contributed by atoms with Crippen molar-refractivity contribution in [1.82, 2.24) is 5.32 Å². The van der Waals surface area contributed by atoms with Gasteiger partial charge in [0.15, 0.2) is 11.2 Å². The maximum Gasteiger partial charge on any atom is 0.287 e. The molecule has 18 heavy (non-hydrogen) atoms. The fraction of sp³-hybridized carbons (Fsp3) is 0.286. The van der Waals surface area contributed by atoms with E-state index < -0.39 is 0 Å². The highest BCUT2D eigenvalue weighted by Gasteiger charge is 2.13. The summed E-state index contributed by atoms with van der Waals surface area (Å²) in [6, 6.07) is 8.17. The van der Waals surface area contributed by atoms with Crippen molar-refractivity contribution in [2.75, 3.05) is 0 Å². The van der Waals surface area contributed by atoms with Crippen LogP contribution in [0.3, 0.4) is 0 Å². The second-order valence-electron chi connectivity index (χ2n) is 4.25. The Bertz CT molecular complexity index is 630. The normalized spacial score (nSPS) is 12.3. The Hall–Kier alpha value is -2.10. The average Bonchev–Trinajstić information content (AvgIpc) is 2.38. The van der Waals surface area contributed by atoms with E-state index in [1.807, 2.05) is 13.8 Å². The summed E-state index contributed by atoms with van der Waals surface area (Å²) in [6.45, 7) is 3.87. The Morgan fingerprint density at radius 2 is 2.11 bits per heavy atom. The van der Waals surface area contributed by atoms with Gasteiger partial charge in [0.1, 0.15) is 5.58 Å². The second-order valence-corrected chi connectivity index (χ2v) is 4.25. The van der Waals surface area contributed by atoms with Crippen LogP contribution in [0, 0.1) is 0 Å². The van der Waals surface area contributed by atoms with Gasteiger partial charge in [-0.3, -0.25) is 9.59 Å². The Morgan fingerprint density at radius 3 is 2.83 bits per heavy atom. The topological polar surface area (TPSA) is 59.3 Å². The number of hydrogen-bond donors (Lipinski definition) is 1. The van der Waals surface area contributed by atoms with Crippen LogP contribution in [0.5, 0.6) is 0 Å². The van der Waals surface area contributed by atoms with E-state index in [1.165, 1.54) is 6.07 Å². The third-order valence-electron chi connectivity index (χ3n) is 2.85. The molecule has 0 fully saturated rings. The predicted octanol–water partition coefficient (Wildman–Crippen LogP) is 2.32. The van der Waals surface area contributed by atoms with Crippen LogP contribution in [0.25, 0.3) is 11.0 Å². The number of carbonyl (C=O) groups excluding carboxylic acids is 1. The highest BCUT2D eigenvalue weighted by Crippen LogP contribution is 2.11. The molecule has 2 aromatic rings. The predicted molar refractivity (Wildman–Crippen MR) is 69.7 cm³/mol. The van der Waals surface area contributed by atoms with Gasteiger partial charge >= 0.3 is 0 Å². The van der Waals surface area contributed by atoms with E-state index in [0.717, 1.165) is 6.42 Å². The highest BCUT2D eigenvalue weighted by atomic mass is 16.3. The molecule has 1 aromatic carbocycles. The molecule has 0 aliphatic carbocycles. The number of amides is 1. The number of nitrogens with one attached hydrogen (secondary N) is 1. The molecule has 0 saturated heterocycles. The second kappa shape index (κ2) is 5.04. The number of rotatable bonds is 3. The van der Waals surface area contributed by atoms with Crippen molar-refractivity contribution >= 4 is 16.9 Å². The molecule has 0 aliphatic heterocycles. The van der Waals surface area contributed by atoms with E-state index in [4.69, 9.17) is 4.42 Å². The highest BCUT2D eigenvalue weighted by molar-refractivity contribution is 5.93. The lowest BCUT2D eigenvalue weighted by molar-refractivity contribution is 0.0912. The van der Waals surface area contributed by atoms with Crippen molar-refractivity contribution in [3.05, 3.63) is 46.3 Å². The summed E-state index contributed by atoms with van der Waals surface area (Å²) in [4.78, 5) is 23.7. The van der Waals surface area contributed by atoms with Crippen molar-refractivity contribution in [3.8, 4) is 0 Å². The maximum atomic E-state index is 11.9. The van der Waals surface area contributed by atoms with Gasteiger partial charge in [0.25, 0.3) is 5.91 Å². The first-order valence-corrected chi connectivity index (χ1v) is 5.95. The van der Waals surface area contributed by atoms with Crippen LogP contribution in [-0.2, 0) is 0 Å². The van der Waals surface area contributed by atoms with Crippen LogP contribution in [0.4, 0.5) is 0 Å². The molecule has 4 heteroatoms. The SMILES string of the molecule is CC[C@@H](C)NC(=O)c1cc(=O)c2ccccc2o1. The first kappa shape index (κ1) is 12.4. The molecule has 4 nitrogen and oxygen atoms in total. The monoisotopic (exact) mass is 245 g/mol. The lowest BCUT2D eigenvalue weighted by Gasteiger charge is -2.10. The Labute approximate surface area is 105 Å². The number of hydrogen-bond acceptors (Lipinski definition) is 3. The van der Waals surface area contributed by atoms with Crippen molar-refractivity contribution in [1.29, 1.82) is 0 Å². The van der Waals surface area contributed by atoms with E-state index >= 15 is 0 Å². The van der Waals surface area contributed by atoms with E-state index in [-0.39, 0.29) is 23.1 Å². The van der Waals surface area contributed by atoms with Gasteiger partial charge in [-0.2, -0.15) is 0 Å². The largest absolute Gasteiger partial charge is 0.451 e. The molecule has 0 unspecified atom stereocenters. The van der Waals surface area contributed by atoms with E-state index in [9.17, 15) is 9.59 Å². The molecular weight excluding hydrogens is 230 g/mol. The quantitative estimate of drug-likeness (QED) is 0.902. The average molecular weight is 245 g/mol. The summed E-state index contributed by atoms with van der Waals surface area (Å²) < 4.78 is 5.44. The van der Waals surface area contributed by atoms with Crippen molar-refractivity contribution in [2.24, 2.45) is 0 Å². The molecule has 0 aliphatic rings. The van der Waals surface area contributed by atoms with Gasteiger partial charge in [0, 0.05) is 12.1 Å². The Morgan fingerprint density at radius 1 is 1.39 bits per heavy atom. The first-order valence-electron chi connectivity index (χ1n) is 5.95. The lowest BCUT2D eigenvalue weighted by atomic mass is 10.2. The molecule has 0 spiro atoms. The fourth-order valence-corrected chi connectivity index (χ4v) is 1.61. The Balaban J connectivity index is 2.41. The minimum Gasteiger partial charge on any atom is -0.451 e. The summed E-state index contributed by atoms with van der Waals surface area (Å²) in [5, 5.41) is 3.25. The molecule has 0 radical (unpaired) electrons. The zero-order chi connectivity index (χ0) is 13.1. The number of carbonyl (C=O) groups is 1. The Kier molecular flexibility index (Phi) is 3.46. The molecule has 0 saturated carbocycles. The van der Waals surface area contributed by atoms with Crippen LogP contribution in [0.1, 0.15) is 30.8 Å². The summed E-state index contributed by atoms with van der Waals surface area (Å²) >= 11 is 0. The molecule has 1 aromatic heterocycles. The third kappa shape index (κ3) is 2.42. The van der Waals surface area contributed by atoms with Crippen LogP contribution in [0.15, 0.2) is 39.5 Å². The summed E-state index contributed by atoms with van der Waals surface area (Å²) in [6.07, 6.45) is 0.823. The minimum atomic E-state index is -0.354. The fourth-order valence-electron chi connectivity index (χ4n) is 1.61. The van der Waals surface area contributed by atoms with Crippen molar-refractivity contribution in [2.45, 2.75) is 26.3 Å². The maximum absolute atomic E-state index is 11.9. The molecule has 94 valence electrons. The van der Waals surface area contributed by atoms with Gasteiger partial charge in [-0.05, 0) is 25.5 Å². The van der Waals surface area contributed by atoms with Crippen molar-refractivity contribution < 1.29 is 9.21 Å². The van der Waals surface area contributed by atoms with Crippen LogP contribution in [0.2, 0.25) is 0 Å². The minimum absolute atomic E-state index is 0.0503. The molecule has 1 atom stereocenters. The zero-order valence-corrected chi connectivity index (χ0v) is 10.4. The number of benzene rings is 1. The van der Waals surface area contributed by atoms with E-state index in [2.05, 4.69) is 5.32 Å². The molecule has 1 heterocycles. The van der Waals surface area contributed by atoms with Gasteiger partial charge in [-0.25, -0.2) is 0 Å². The molecule has 2 rings (SSSR count). The third-order valence-corrected chi connectivity index (χ3v) is 2.85. The summed E-state index contributed by atoms with van der Waals surface area (Å²) in [5.41, 5.74) is 0.227.